The van der Waals surface area contributed by atoms with Gasteiger partial charge in [0.2, 0.25) is 5.91 Å². The van der Waals surface area contributed by atoms with Crippen molar-refractivity contribution in [2.24, 2.45) is 0 Å². The molecule has 82 heavy (non-hydrogen) atoms. The molecule has 472 valence electrons. The lowest BCUT2D eigenvalue weighted by Gasteiger charge is -2.40. The van der Waals surface area contributed by atoms with Crippen molar-refractivity contribution in [3.05, 3.63) is 109 Å². The molecule has 0 saturated carbocycles. The molecule has 0 aromatic carbocycles. The zero-order chi connectivity index (χ0) is 59.3. The SMILES string of the molecule is CC/C=C\C/C=C\C/C=C\C/C=C\C/C=C\C/C=C\C/C=C\CCCCCCCCCCCC(=O)NC(COC1OC(CO)C(O)C(O)C1O)C(O)/C=C/CC/C=C/CCCCCCCCCCCCCCCCCCCCCCCC. The number of nitrogens with one attached hydrogen (secondary N) is 1. The largest absolute Gasteiger partial charge is 0.394 e. The highest BCUT2D eigenvalue weighted by atomic mass is 16.7. The fourth-order valence-corrected chi connectivity index (χ4v) is 10.3. The van der Waals surface area contributed by atoms with E-state index in [0.717, 1.165) is 96.3 Å². The van der Waals surface area contributed by atoms with Crippen LogP contribution >= 0.6 is 0 Å². The van der Waals surface area contributed by atoms with E-state index in [-0.39, 0.29) is 12.5 Å². The molecule has 0 aromatic rings. The van der Waals surface area contributed by atoms with Gasteiger partial charge in [-0.25, -0.2) is 0 Å². The van der Waals surface area contributed by atoms with Crippen LogP contribution in [-0.4, -0.2) is 87.5 Å². The number of hydrogen-bond acceptors (Lipinski definition) is 8. The molecule has 1 saturated heterocycles. The molecule has 1 rings (SSSR count). The second kappa shape index (κ2) is 61.0. The minimum absolute atomic E-state index is 0.195. The Labute approximate surface area is 504 Å². The summed E-state index contributed by atoms with van der Waals surface area (Å²) in [7, 11) is 0. The molecule has 9 heteroatoms. The fourth-order valence-electron chi connectivity index (χ4n) is 10.3. The highest BCUT2D eigenvalue weighted by Crippen LogP contribution is 2.23. The van der Waals surface area contributed by atoms with Crippen molar-refractivity contribution in [1.29, 1.82) is 0 Å². The molecule has 1 fully saturated rings. The monoisotopic (exact) mass is 1150 g/mol. The average molecular weight is 1150 g/mol. The molecular weight excluding hydrogens is 1020 g/mol. The first-order valence-electron chi connectivity index (χ1n) is 34.1. The van der Waals surface area contributed by atoms with Gasteiger partial charge in [0, 0.05) is 6.42 Å². The molecule has 7 unspecified atom stereocenters. The van der Waals surface area contributed by atoms with Gasteiger partial charge < -0.3 is 40.3 Å². The smallest absolute Gasteiger partial charge is 0.220 e. The third-order valence-corrected chi connectivity index (χ3v) is 15.6. The number of rotatable bonds is 58. The second-order valence-corrected chi connectivity index (χ2v) is 23.2. The highest BCUT2D eigenvalue weighted by Gasteiger charge is 2.44. The first-order valence-corrected chi connectivity index (χ1v) is 34.1. The van der Waals surface area contributed by atoms with Gasteiger partial charge in [-0.05, 0) is 89.9 Å². The van der Waals surface area contributed by atoms with E-state index in [1.54, 1.807) is 6.08 Å². The van der Waals surface area contributed by atoms with E-state index in [9.17, 15) is 30.3 Å². The van der Waals surface area contributed by atoms with E-state index in [4.69, 9.17) is 9.47 Å². The third kappa shape index (κ3) is 49.1. The Kier molecular flexibility index (Phi) is 57.1. The van der Waals surface area contributed by atoms with Crippen LogP contribution in [0.5, 0.6) is 0 Å². The standard InChI is InChI=1S/C73H127NO8/c1-3-5-7-9-11-13-15-17-19-21-23-25-27-29-31-33-34-35-37-39-41-43-45-47-49-51-53-55-57-59-61-63-69(77)74-66(65-81-73-72(80)71(79)70(78)68(64-75)82-73)67(76)62-60-58-56-54-52-50-48-46-44-42-40-38-36-32-30-28-26-24-22-20-18-16-14-12-10-8-6-4-2/h5,7,11,13,17,19,23,25,29,31,34-35,39,41,52,54,60,62,66-68,70-73,75-76,78-80H,3-4,6,8-10,12,14-16,18,20-22,24,26-28,30,32-33,36-38,40,42-51,53,55-59,61,63-65H2,1-2H3,(H,74,77)/b7-5-,13-11-,19-17-,25-23-,31-29-,35-34-,41-39-,54-52+,62-60+. The maximum atomic E-state index is 13.1. The summed E-state index contributed by atoms with van der Waals surface area (Å²) in [6, 6.07) is -0.835. The van der Waals surface area contributed by atoms with Gasteiger partial charge in [0.25, 0.3) is 0 Å². The molecule has 0 aliphatic carbocycles. The summed E-state index contributed by atoms with van der Waals surface area (Å²) < 4.78 is 11.3. The molecular formula is C73H127NO8. The Bertz CT molecular complexity index is 1660. The Morgan fingerprint density at radius 2 is 0.768 bits per heavy atom. The zero-order valence-electron chi connectivity index (χ0n) is 52.7. The molecule has 0 radical (unpaired) electrons. The second-order valence-electron chi connectivity index (χ2n) is 23.2. The lowest BCUT2D eigenvalue weighted by atomic mass is 9.99. The lowest BCUT2D eigenvalue weighted by Crippen LogP contribution is -2.60. The van der Waals surface area contributed by atoms with Gasteiger partial charge in [0.1, 0.15) is 24.4 Å². The topological polar surface area (TPSA) is 149 Å². The number of aliphatic hydroxyl groups is 5. The van der Waals surface area contributed by atoms with Crippen molar-refractivity contribution < 1.29 is 39.8 Å². The van der Waals surface area contributed by atoms with E-state index in [0.29, 0.717) is 6.42 Å². The van der Waals surface area contributed by atoms with E-state index < -0.39 is 49.5 Å². The van der Waals surface area contributed by atoms with E-state index in [1.807, 2.05) is 6.08 Å². The van der Waals surface area contributed by atoms with Crippen molar-refractivity contribution in [1.82, 2.24) is 5.32 Å². The number of carbonyl (C=O) groups excluding carboxylic acids is 1. The van der Waals surface area contributed by atoms with Gasteiger partial charge in [-0.1, -0.05) is 303 Å². The van der Waals surface area contributed by atoms with Crippen LogP contribution in [0.15, 0.2) is 109 Å². The summed E-state index contributed by atoms with van der Waals surface area (Å²) in [5.74, 6) is -0.195. The van der Waals surface area contributed by atoms with Crippen molar-refractivity contribution >= 4 is 5.91 Å². The van der Waals surface area contributed by atoms with Crippen LogP contribution in [0.2, 0.25) is 0 Å². The predicted molar refractivity (Wildman–Crippen MR) is 350 cm³/mol. The van der Waals surface area contributed by atoms with Crippen molar-refractivity contribution in [2.75, 3.05) is 13.2 Å². The summed E-state index contributed by atoms with van der Waals surface area (Å²) in [5, 5.41) is 54.7. The van der Waals surface area contributed by atoms with Crippen LogP contribution < -0.4 is 5.32 Å². The summed E-state index contributed by atoms with van der Waals surface area (Å²) in [4.78, 5) is 13.1. The van der Waals surface area contributed by atoms with Crippen LogP contribution in [0, 0.1) is 0 Å². The summed E-state index contributed by atoms with van der Waals surface area (Å²) >= 11 is 0. The number of aliphatic hydroxyl groups excluding tert-OH is 5. The number of unbranched alkanes of at least 4 members (excludes halogenated alkanes) is 32. The summed E-state index contributed by atoms with van der Waals surface area (Å²) in [5.41, 5.74) is 0. The molecule has 1 aliphatic heterocycles. The molecule has 1 heterocycles. The number of allylic oxidation sites excluding steroid dienone is 17. The quantitative estimate of drug-likeness (QED) is 0.0261. The van der Waals surface area contributed by atoms with E-state index >= 15 is 0 Å². The van der Waals surface area contributed by atoms with Gasteiger partial charge in [0.15, 0.2) is 6.29 Å². The maximum absolute atomic E-state index is 13.1. The lowest BCUT2D eigenvalue weighted by molar-refractivity contribution is -0.302. The van der Waals surface area contributed by atoms with E-state index in [1.165, 1.54) is 173 Å². The Balaban J connectivity index is 2.20. The van der Waals surface area contributed by atoms with Gasteiger partial charge in [-0.15, -0.1) is 0 Å². The predicted octanol–water partition coefficient (Wildman–Crippen LogP) is 18.5. The average Bonchev–Trinajstić information content (AvgIpc) is 3.52. The van der Waals surface area contributed by atoms with Gasteiger partial charge in [-0.3, -0.25) is 4.79 Å². The van der Waals surface area contributed by atoms with Crippen LogP contribution in [0.25, 0.3) is 0 Å². The number of carbonyl (C=O) groups is 1. The molecule has 7 atom stereocenters. The van der Waals surface area contributed by atoms with Crippen molar-refractivity contribution in [2.45, 2.75) is 333 Å². The highest BCUT2D eigenvalue weighted by molar-refractivity contribution is 5.76. The molecule has 0 aromatic heterocycles. The molecule has 1 aliphatic rings. The Hall–Kier alpha value is -3.15. The van der Waals surface area contributed by atoms with Crippen LogP contribution in [0.1, 0.15) is 290 Å². The maximum Gasteiger partial charge on any atom is 0.220 e. The van der Waals surface area contributed by atoms with E-state index in [2.05, 4.69) is 116 Å². The van der Waals surface area contributed by atoms with Gasteiger partial charge in [0.05, 0.1) is 25.4 Å². The third-order valence-electron chi connectivity index (χ3n) is 15.6. The molecule has 1 amide bonds. The van der Waals surface area contributed by atoms with Crippen LogP contribution in [0.3, 0.4) is 0 Å². The Morgan fingerprint density at radius 1 is 0.427 bits per heavy atom. The molecule has 6 N–H and O–H groups in total. The van der Waals surface area contributed by atoms with Gasteiger partial charge in [-0.2, -0.15) is 0 Å². The summed E-state index contributed by atoms with van der Waals surface area (Å²) in [6.45, 7) is 3.67. The normalized spacial score (nSPS) is 19.0. The molecule has 0 spiro atoms. The summed E-state index contributed by atoms with van der Waals surface area (Å²) in [6.07, 6.45) is 83.2. The van der Waals surface area contributed by atoms with Crippen LogP contribution in [-0.2, 0) is 14.3 Å². The van der Waals surface area contributed by atoms with Crippen LogP contribution in [0.4, 0.5) is 0 Å². The van der Waals surface area contributed by atoms with Crippen molar-refractivity contribution in [3.63, 3.8) is 0 Å². The minimum Gasteiger partial charge on any atom is -0.394 e. The van der Waals surface area contributed by atoms with Gasteiger partial charge >= 0.3 is 0 Å². The Morgan fingerprint density at radius 3 is 1.17 bits per heavy atom. The number of amides is 1. The number of hydrogen-bond donors (Lipinski definition) is 6. The molecule has 9 nitrogen and oxygen atoms in total. The first kappa shape index (κ1) is 76.9. The first-order chi connectivity index (χ1) is 40.3. The number of ether oxygens (including phenoxy) is 2. The fraction of sp³-hybridized carbons (Fsp3) is 0.740. The van der Waals surface area contributed by atoms with Crippen molar-refractivity contribution in [3.8, 4) is 0 Å². The zero-order valence-corrected chi connectivity index (χ0v) is 52.7. The molecule has 0 bridgehead atoms. The minimum atomic E-state index is -1.58.